The summed E-state index contributed by atoms with van der Waals surface area (Å²) in [5.74, 6) is -1.29. The highest BCUT2D eigenvalue weighted by atomic mass is 16.5. The summed E-state index contributed by atoms with van der Waals surface area (Å²) in [6.07, 6.45) is 2.50. The standard InChI is InChI=1S/C11H20O4/c1-3-9-7-8(5-6-15-9)11(14,4-2)10(12)13/h8-9,14H,3-7H2,1-2H3,(H,12,13). The zero-order valence-corrected chi connectivity index (χ0v) is 9.40. The molecular formula is C11H20O4. The molecule has 4 heteroatoms. The molecule has 3 unspecified atom stereocenters. The maximum atomic E-state index is 11.1. The molecule has 0 aromatic carbocycles. The van der Waals surface area contributed by atoms with Crippen LogP contribution in [-0.4, -0.2) is 34.5 Å². The maximum Gasteiger partial charge on any atom is 0.335 e. The Morgan fingerprint density at radius 3 is 2.67 bits per heavy atom. The first-order chi connectivity index (χ1) is 7.04. The zero-order chi connectivity index (χ0) is 11.5. The maximum absolute atomic E-state index is 11.1. The van der Waals surface area contributed by atoms with E-state index in [4.69, 9.17) is 9.84 Å². The quantitative estimate of drug-likeness (QED) is 0.745. The number of carbonyl (C=O) groups is 1. The number of carboxylic acids is 1. The van der Waals surface area contributed by atoms with Crippen LogP contribution in [0.2, 0.25) is 0 Å². The zero-order valence-electron chi connectivity index (χ0n) is 9.40. The van der Waals surface area contributed by atoms with Gasteiger partial charge in [-0.05, 0) is 25.7 Å². The van der Waals surface area contributed by atoms with E-state index in [9.17, 15) is 9.90 Å². The summed E-state index contributed by atoms with van der Waals surface area (Å²) in [5.41, 5.74) is -1.57. The van der Waals surface area contributed by atoms with E-state index in [0.29, 0.717) is 19.4 Å². The second-order valence-electron chi connectivity index (χ2n) is 4.21. The normalized spacial score (nSPS) is 30.9. The fourth-order valence-corrected chi connectivity index (χ4v) is 2.21. The molecule has 0 radical (unpaired) electrons. The van der Waals surface area contributed by atoms with Gasteiger partial charge in [0, 0.05) is 12.5 Å². The smallest absolute Gasteiger partial charge is 0.335 e. The summed E-state index contributed by atoms with van der Waals surface area (Å²) in [6.45, 7) is 4.28. The lowest BCUT2D eigenvalue weighted by atomic mass is 9.78. The largest absolute Gasteiger partial charge is 0.479 e. The van der Waals surface area contributed by atoms with Gasteiger partial charge >= 0.3 is 5.97 Å². The molecule has 0 amide bonds. The van der Waals surface area contributed by atoms with E-state index in [-0.39, 0.29) is 18.4 Å². The van der Waals surface area contributed by atoms with E-state index in [0.717, 1.165) is 6.42 Å². The summed E-state index contributed by atoms with van der Waals surface area (Å²) in [4.78, 5) is 11.1. The Hall–Kier alpha value is -0.610. The Balaban J connectivity index is 2.72. The highest BCUT2D eigenvalue weighted by molar-refractivity contribution is 5.77. The first-order valence-electron chi connectivity index (χ1n) is 5.62. The average molecular weight is 216 g/mol. The molecule has 1 saturated heterocycles. The van der Waals surface area contributed by atoms with Crippen molar-refractivity contribution in [2.24, 2.45) is 5.92 Å². The van der Waals surface area contributed by atoms with Crippen molar-refractivity contribution in [3.63, 3.8) is 0 Å². The fraction of sp³-hybridized carbons (Fsp3) is 0.909. The molecule has 15 heavy (non-hydrogen) atoms. The van der Waals surface area contributed by atoms with Gasteiger partial charge in [-0.15, -0.1) is 0 Å². The number of ether oxygens (including phenoxy) is 1. The van der Waals surface area contributed by atoms with Crippen LogP contribution in [0.3, 0.4) is 0 Å². The van der Waals surface area contributed by atoms with Crippen LogP contribution in [-0.2, 0) is 9.53 Å². The van der Waals surface area contributed by atoms with E-state index >= 15 is 0 Å². The monoisotopic (exact) mass is 216 g/mol. The van der Waals surface area contributed by atoms with Crippen molar-refractivity contribution in [2.75, 3.05) is 6.61 Å². The second kappa shape index (κ2) is 4.94. The van der Waals surface area contributed by atoms with Crippen LogP contribution in [0.1, 0.15) is 39.5 Å². The van der Waals surface area contributed by atoms with Crippen LogP contribution in [0.15, 0.2) is 0 Å². The molecule has 2 N–H and O–H groups in total. The van der Waals surface area contributed by atoms with Gasteiger partial charge in [0.1, 0.15) is 0 Å². The summed E-state index contributed by atoms with van der Waals surface area (Å²) in [7, 11) is 0. The van der Waals surface area contributed by atoms with Crippen molar-refractivity contribution >= 4 is 5.97 Å². The van der Waals surface area contributed by atoms with Gasteiger partial charge in [0.2, 0.25) is 0 Å². The van der Waals surface area contributed by atoms with E-state index < -0.39 is 11.6 Å². The summed E-state index contributed by atoms with van der Waals surface area (Å²) >= 11 is 0. The van der Waals surface area contributed by atoms with Gasteiger partial charge < -0.3 is 14.9 Å². The van der Waals surface area contributed by atoms with Gasteiger partial charge in [0.05, 0.1) is 6.10 Å². The summed E-state index contributed by atoms with van der Waals surface area (Å²) in [6, 6.07) is 0. The topological polar surface area (TPSA) is 66.8 Å². The Kier molecular flexibility index (Phi) is 4.11. The lowest BCUT2D eigenvalue weighted by Crippen LogP contribution is -2.48. The second-order valence-corrected chi connectivity index (χ2v) is 4.21. The van der Waals surface area contributed by atoms with Gasteiger partial charge in [-0.1, -0.05) is 13.8 Å². The third-order valence-electron chi connectivity index (χ3n) is 3.41. The molecule has 0 bridgehead atoms. The highest BCUT2D eigenvalue weighted by Gasteiger charge is 2.44. The minimum atomic E-state index is -1.57. The first-order valence-corrected chi connectivity index (χ1v) is 5.62. The van der Waals surface area contributed by atoms with Crippen LogP contribution in [0.4, 0.5) is 0 Å². The molecule has 0 saturated carbocycles. The van der Waals surface area contributed by atoms with Gasteiger partial charge in [-0.3, -0.25) is 0 Å². The molecule has 0 aliphatic carbocycles. The van der Waals surface area contributed by atoms with E-state index in [1.165, 1.54) is 0 Å². The molecule has 4 nitrogen and oxygen atoms in total. The van der Waals surface area contributed by atoms with E-state index in [1.54, 1.807) is 6.92 Å². The van der Waals surface area contributed by atoms with Gasteiger partial charge in [0.25, 0.3) is 0 Å². The minimum Gasteiger partial charge on any atom is -0.479 e. The fourth-order valence-electron chi connectivity index (χ4n) is 2.21. The molecule has 0 aromatic rings. The molecule has 3 atom stereocenters. The Morgan fingerprint density at radius 1 is 1.53 bits per heavy atom. The molecule has 1 fully saturated rings. The van der Waals surface area contributed by atoms with Crippen LogP contribution in [0.25, 0.3) is 0 Å². The van der Waals surface area contributed by atoms with Crippen LogP contribution >= 0.6 is 0 Å². The molecule has 0 spiro atoms. The highest BCUT2D eigenvalue weighted by Crippen LogP contribution is 2.33. The van der Waals surface area contributed by atoms with Crippen LogP contribution in [0, 0.1) is 5.92 Å². The Morgan fingerprint density at radius 2 is 2.20 bits per heavy atom. The van der Waals surface area contributed by atoms with Crippen molar-refractivity contribution in [1.82, 2.24) is 0 Å². The van der Waals surface area contributed by atoms with Crippen LogP contribution in [0.5, 0.6) is 0 Å². The van der Waals surface area contributed by atoms with E-state index in [1.807, 2.05) is 6.92 Å². The molecular weight excluding hydrogens is 196 g/mol. The van der Waals surface area contributed by atoms with Crippen LogP contribution < -0.4 is 0 Å². The van der Waals surface area contributed by atoms with Crippen molar-refractivity contribution in [1.29, 1.82) is 0 Å². The molecule has 1 heterocycles. The Bertz CT molecular complexity index is 229. The number of hydrogen-bond donors (Lipinski definition) is 2. The van der Waals surface area contributed by atoms with Crippen molar-refractivity contribution in [3.8, 4) is 0 Å². The van der Waals surface area contributed by atoms with Crippen molar-refractivity contribution < 1.29 is 19.7 Å². The lowest BCUT2D eigenvalue weighted by molar-refractivity contribution is -0.172. The van der Waals surface area contributed by atoms with Gasteiger partial charge in [-0.2, -0.15) is 0 Å². The molecule has 88 valence electrons. The number of hydrogen-bond acceptors (Lipinski definition) is 3. The number of aliphatic hydroxyl groups is 1. The number of rotatable bonds is 4. The van der Waals surface area contributed by atoms with Gasteiger partial charge in [-0.25, -0.2) is 4.79 Å². The van der Waals surface area contributed by atoms with Crippen molar-refractivity contribution in [2.45, 2.75) is 51.2 Å². The third-order valence-corrected chi connectivity index (χ3v) is 3.41. The lowest BCUT2D eigenvalue weighted by Gasteiger charge is -2.37. The summed E-state index contributed by atoms with van der Waals surface area (Å²) in [5, 5.41) is 19.1. The number of aliphatic carboxylic acids is 1. The SMILES string of the molecule is CCC1CC(C(O)(CC)C(=O)O)CCO1. The average Bonchev–Trinajstić information content (AvgIpc) is 2.27. The predicted molar refractivity (Wildman–Crippen MR) is 55.6 cm³/mol. The summed E-state index contributed by atoms with van der Waals surface area (Å²) < 4.78 is 5.47. The molecule has 0 aromatic heterocycles. The van der Waals surface area contributed by atoms with Gasteiger partial charge in [0.15, 0.2) is 5.60 Å². The molecule has 1 aliphatic rings. The number of carboxylic acid groups (broad SMARTS) is 1. The van der Waals surface area contributed by atoms with E-state index in [2.05, 4.69) is 0 Å². The predicted octanol–water partition coefficient (Wildman–Crippen LogP) is 1.42. The molecule has 1 rings (SSSR count). The van der Waals surface area contributed by atoms with Crippen molar-refractivity contribution in [3.05, 3.63) is 0 Å². The molecule has 1 aliphatic heterocycles. The third kappa shape index (κ3) is 2.49. The Labute approximate surface area is 90.2 Å². The first kappa shape index (κ1) is 12.5. The minimum absolute atomic E-state index is 0.0983.